The topological polar surface area (TPSA) is 39.9 Å². The van der Waals surface area contributed by atoms with E-state index >= 15 is 0 Å². The Balaban J connectivity index is 1.66. The summed E-state index contributed by atoms with van der Waals surface area (Å²) >= 11 is 0. The molecule has 4 rings (SSSR count). The number of methoxy groups -OCH3 is 1. The monoisotopic (exact) mass is 413 g/mol. The Kier molecular flexibility index (Phi) is 5.37. The number of aryl methyl sites for hydroxylation is 2. The van der Waals surface area contributed by atoms with E-state index in [1.807, 2.05) is 31.2 Å². The molecular formula is C23H22F3N3O. The average Bonchev–Trinajstić information content (AvgIpc) is 3.15. The van der Waals surface area contributed by atoms with Crippen molar-refractivity contribution >= 4 is 12.2 Å². The fraction of sp³-hybridized carbons (Fsp3) is 0.304. The summed E-state index contributed by atoms with van der Waals surface area (Å²) in [5.74, 6) is 1.43. The zero-order chi connectivity index (χ0) is 21.3. The van der Waals surface area contributed by atoms with Gasteiger partial charge in [-0.1, -0.05) is 36.4 Å². The second-order valence-electron chi connectivity index (χ2n) is 7.39. The van der Waals surface area contributed by atoms with E-state index in [9.17, 15) is 13.2 Å². The van der Waals surface area contributed by atoms with Gasteiger partial charge in [-0.25, -0.2) is 9.67 Å². The number of aromatic nitrogens is 3. The fourth-order valence-electron chi connectivity index (χ4n) is 3.90. The predicted octanol–water partition coefficient (Wildman–Crippen LogP) is 5.71. The highest BCUT2D eigenvalue weighted by Gasteiger charge is 2.37. The van der Waals surface area contributed by atoms with Gasteiger partial charge >= 0.3 is 6.18 Å². The summed E-state index contributed by atoms with van der Waals surface area (Å²) in [7, 11) is 1.62. The van der Waals surface area contributed by atoms with Crippen LogP contribution in [0.4, 0.5) is 13.2 Å². The van der Waals surface area contributed by atoms with Crippen LogP contribution in [0, 0.1) is 6.92 Å². The van der Waals surface area contributed by atoms with E-state index in [2.05, 4.69) is 10.1 Å². The molecule has 1 unspecified atom stereocenters. The normalized spacial score (nSPS) is 16.6. The van der Waals surface area contributed by atoms with Crippen LogP contribution in [0.1, 0.15) is 52.7 Å². The molecular weight excluding hydrogens is 391 g/mol. The Morgan fingerprint density at radius 3 is 2.70 bits per heavy atom. The van der Waals surface area contributed by atoms with Crippen LogP contribution in [-0.2, 0) is 12.7 Å². The number of hydrogen-bond acceptors (Lipinski definition) is 3. The molecule has 1 aliphatic rings. The number of rotatable bonds is 4. The third kappa shape index (κ3) is 3.97. The van der Waals surface area contributed by atoms with Crippen molar-refractivity contribution in [3.8, 4) is 5.75 Å². The van der Waals surface area contributed by atoms with Gasteiger partial charge in [0.15, 0.2) is 5.82 Å². The molecule has 1 aliphatic heterocycles. The molecule has 0 amide bonds. The largest absolute Gasteiger partial charge is 0.496 e. The van der Waals surface area contributed by atoms with Crippen LogP contribution in [0.25, 0.3) is 12.2 Å². The molecule has 0 fully saturated rings. The molecule has 7 heteroatoms. The summed E-state index contributed by atoms with van der Waals surface area (Å²) in [4.78, 5) is 4.57. The van der Waals surface area contributed by atoms with Crippen LogP contribution in [-0.4, -0.2) is 21.9 Å². The van der Waals surface area contributed by atoms with Crippen LogP contribution in [0.5, 0.6) is 5.75 Å². The summed E-state index contributed by atoms with van der Waals surface area (Å²) < 4.78 is 47.6. The van der Waals surface area contributed by atoms with Crippen molar-refractivity contribution in [2.24, 2.45) is 0 Å². The maximum atomic E-state index is 13.5. The lowest BCUT2D eigenvalue weighted by atomic mass is 9.88. The number of halogens is 3. The molecule has 30 heavy (non-hydrogen) atoms. The molecule has 0 spiro atoms. The zero-order valence-electron chi connectivity index (χ0n) is 16.8. The highest BCUT2D eigenvalue weighted by Crippen LogP contribution is 2.40. The first-order valence-electron chi connectivity index (χ1n) is 9.80. The molecule has 4 nitrogen and oxygen atoms in total. The first-order chi connectivity index (χ1) is 14.4. The minimum Gasteiger partial charge on any atom is -0.496 e. The van der Waals surface area contributed by atoms with Crippen molar-refractivity contribution < 1.29 is 17.9 Å². The summed E-state index contributed by atoms with van der Waals surface area (Å²) in [5.41, 5.74) is 1.63. The van der Waals surface area contributed by atoms with E-state index in [4.69, 9.17) is 4.74 Å². The highest BCUT2D eigenvalue weighted by molar-refractivity contribution is 5.67. The lowest BCUT2D eigenvalue weighted by Gasteiger charge is -2.25. The van der Waals surface area contributed by atoms with Gasteiger partial charge in [0, 0.05) is 12.5 Å². The number of ether oxygens (including phenoxy) is 1. The highest BCUT2D eigenvalue weighted by atomic mass is 19.4. The number of benzene rings is 2. The fourth-order valence-corrected chi connectivity index (χ4v) is 3.90. The van der Waals surface area contributed by atoms with Crippen LogP contribution < -0.4 is 4.74 Å². The van der Waals surface area contributed by atoms with Crippen molar-refractivity contribution in [2.75, 3.05) is 7.11 Å². The lowest BCUT2D eigenvalue weighted by Crippen LogP contribution is -2.21. The minimum absolute atomic E-state index is 0.261. The van der Waals surface area contributed by atoms with Crippen molar-refractivity contribution in [3.05, 3.63) is 76.4 Å². The second kappa shape index (κ2) is 7.97. The smallest absolute Gasteiger partial charge is 0.416 e. The van der Waals surface area contributed by atoms with Gasteiger partial charge in [-0.05, 0) is 54.7 Å². The average molecular weight is 413 g/mol. The van der Waals surface area contributed by atoms with Crippen molar-refractivity contribution in [1.82, 2.24) is 14.8 Å². The summed E-state index contributed by atoms with van der Waals surface area (Å²) in [5, 5.41) is 4.50. The molecule has 156 valence electrons. The number of fused-ring (bicyclic) bond motifs is 1. The molecule has 0 saturated heterocycles. The van der Waals surface area contributed by atoms with E-state index in [0.717, 1.165) is 29.4 Å². The summed E-state index contributed by atoms with van der Waals surface area (Å²) in [6.07, 6.45) is 0.631. The van der Waals surface area contributed by atoms with Gasteiger partial charge in [0.1, 0.15) is 11.6 Å². The second-order valence-corrected chi connectivity index (χ2v) is 7.39. The molecule has 2 heterocycles. The van der Waals surface area contributed by atoms with Crippen LogP contribution in [0.15, 0.2) is 42.5 Å². The molecule has 2 aromatic carbocycles. The van der Waals surface area contributed by atoms with Crippen LogP contribution in [0.2, 0.25) is 0 Å². The standard InChI is InChI=1S/C23H22F3N3O/c1-15-9-10-16(14-20(15)30-2)11-12-21-27-22-18(7-5-13-29(22)28-21)17-6-3-4-8-19(17)23(24,25)26/h3-4,6,8-12,14,18H,5,7,13H2,1-2H3/b12-11+. The van der Waals surface area contributed by atoms with Gasteiger partial charge in [0.2, 0.25) is 0 Å². The Morgan fingerprint density at radius 2 is 1.93 bits per heavy atom. The maximum absolute atomic E-state index is 13.5. The molecule has 0 radical (unpaired) electrons. The lowest BCUT2D eigenvalue weighted by molar-refractivity contribution is -0.138. The molecule has 0 saturated carbocycles. The predicted molar refractivity (Wildman–Crippen MR) is 109 cm³/mol. The van der Waals surface area contributed by atoms with Gasteiger partial charge < -0.3 is 4.74 Å². The molecule has 0 bridgehead atoms. The maximum Gasteiger partial charge on any atom is 0.416 e. The van der Waals surface area contributed by atoms with E-state index < -0.39 is 17.7 Å². The van der Waals surface area contributed by atoms with Gasteiger partial charge in [-0.3, -0.25) is 0 Å². The van der Waals surface area contributed by atoms with E-state index in [1.165, 1.54) is 6.07 Å². The molecule has 0 N–H and O–H groups in total. The van der Waals surface area contributed by atoms with E-state index in [-0.39, 0.29) is 5.56 Å². The van der Waals surface area contributed by atoms with Gasteiger partial charge in [-0.15, -0.1) is 0 Å². The van der Waals surface area contributed by atoms with E-state index in [1.54, 1.807) is 30.0 Å². The SMILES string of the molecule is COc1cc(/C=C/c2nc3n(n2)CCCC3c2ccccc2C(F)(F)F)ccc1C. The number of hydrogen-bond donors (Lipinski definition) is 0. The van der Waals surface area contributed by atoms with E-state index in [0.29, 0.717) is 24.6 Å². The zero-order valence-corrected chi connectivity index (χ0v) is 16.8. The van der Waals surface area contributed by atoms with Gasteiger partial charge in [0.25, 0.3) is 0 Å². The number of nitrogens with zero attached hydrogens (tertiary/aromatic N) is 3. The quantitative estimate of drug-likeness (QED) is 0.550. The molecule has 1 aromatic heterocycles. The van der Waals surface area contributed by atoms with Gasteiger partial charge in [0.05, 0.1) is 12.7 Å². The van der Waals surface area contributed by atoms with Crippen LogP contribution in [0.3, 0.4) is 0 Å². The first kappa shape index (κ1) is 20.2. The third-order valence-corrected chi connectivity index (χ3v) is 5.39. The Bertz CT molecular complexity index is 1090. The van der Waals surface area contributed by atoms with Gasteiger partial charge in [-0.2, -0.15) is 18.3 Å². The third-order valence-electron chi connectivity index (χ3n) is 5.39. The molecule has 3 aromatic rings. The van der Waals surface area contributed by atoms with Crippen molar-refractivity contribution in [1.29, 1.82) is 0 Å². The Labute approximate surface area is 173 Å². The Morgan fingerprint density at radius 1 is 1.13 bits per heavy atom. The molecule has 0 aliphatic carbocycles. The number of alkyl halides is 3. The summed E-state index contributed by atoms with van der Waals surface area (Å²) in [6, 6.07) is 11.6. The van der Waals surface area contributed by atoms with Crippen LogP contribution >= 0.6 is 0 Å². The minimum atomic E-state index is -4.40. The van der Waals surface area contributed by atoms with Crippen molar-refractivity contribution in [2.45, 2.75) is 38.4 Å². The molecule has 1 atom stereocenters. The first-order valence-corrected chi connectivity index (χ1v) is 9.80. The summed E-state index contributed by atoms with van der Waals surface area (Å²) in [6.45, 7) is 2.62. The van der Waals surface area contributed by atoms with Crippen molar-refractivity contribution in [3.63, 3.8) is 0 Å². The Hall–Kier alpha value is -3.09.